The Morgan fingerprint density at radius 2 is 2.17 bits per heavy atom. The molecule has 0 unspecified atom stereocenters. The van der Waals surface area contributed by atoms with Crippen LogP contribution in [0.3, 0.4) is 0 Å². The highest BCUT2D eigenvalue weighted by atomic mass is 16.1. The molecule has 0 aromatic carbocycles. The number of aromatic amines is 1. The van der Waals surface area contributed by atoms with Crippen molar-refractivity contribution in [2.24, 2.45) is 7.05 Å². The van der Waals surface area contributed by atoms with Crippen molar-refractivity contribution in [3.05, 3.63) is 35.1 Å². The van der Waals surface area contributed by atoms with Gasteiger partial charge in [-0.2, -0.15) is 4.98 Å². The summed E-state index contributed by atoms with van der Waals surface area (Å²) >= 11 is 0. The van der Waals surface area contributed by atoms with Crippen LogP contribution in [0.1, 0.15) is 0 Å². The van der Waals surface area contributed by atoms with E-state index < -0.39 is 5.69 Å². The van der Waals surface area contributed by atoms with Crippen LogP contribution in [-0.2, 0) is 7.05 Å². The zero-order valence-electron chi connectivity index (χ0n) is 9.58. The average Bonchev–Trinajstić information content (AvgIpc) is 2.75. The molecule has 0 fully saturated rings. The van der Waals surface area contributed by atoms with Crippen molar-refractivity contribution in [3.63, 3.8) is 0 Å². The quantitative estimate of drug-likeness (QED) is 0.639. The van der Waals surface area contributed by atoms with Crippen LogP contribution in [0.4, 0.5) is 5.82 Å². The molecule has 0 aliphatic rings. The summed E-state index contributed by atoms with van der Waals surface area (Å²) in [5.74, 6) is 0.123. The highest BCUT2D eigenvalue weighted by Crippen LogP contribution is 2.20. The first kappa shape index (κ1) is 10.5. The zero-order valence-corrected chi connectivity index (χ0v) is 9.58. The average molecular weight is 242 g/mol. The second-order valence-electron chi connectivity index (χ2n) is 3.91. The molecule has 0 spiro atoms. The fourth-order valence-electron chi connectivity index (χ4n) is 1.81. The van der Waals surface area contributed by atoms with Crippen LogP contribution in [0, 0.1) is 0 Å². The van der Waals surface area contributed by atoms with Gasteiger partial charge in [0.25, 0.3) is 0 Å². The summed E-state index contributed by atoms with van der Waals surface area (Å²) in [5.41, 5.74) is 7.86. The van der Waals surface area contributed by atoms with E-state index in [2.05, 4.69) is 19.9 Å². The van der Waals surface area contributed by atoms with Gasteiger partial charge in [-0.05, 0) is 12.1 Å². The maximum absolute atomic E-state index is 11.2. The number of aromatic nitrogens is 5. The highest BCUT2D eigenvalue weighted by Gasteiger charge is 2.08. The first-order chi connectivity index (χ1) is 8.65. The molecule has 3 heterocycles. The number of aryl methyl sites for hydroxylation is 1. The van der Waals surface area contributed by atoms with Crippen molar-refractivity contribution in [2.45, 2.75) is 0 Å². The van der Waals surface area contributed by atoms with Crippen molar-refractivity contribution in [3.8, 4) is 11.4 Å². The molecule has 3 rings (SSSR count). The summed E-state index contributed by atoms with van der Waals surface area (Å²) in [6, 6.07) is 3.55. The van der Waals surface area contributed by atoms with Crippen molar-refractivity contribution >= 4 is 16.9 Å². The number of H-pyrrole nitrogens is 1. The molecule has 0 saturated carbocycles. The molecule has 18 heavy (non-hydrogen) atoms. The molecule has 0 aliphatic heterocycles. The van der Waals surface area contributed by atoms with Crippen LogP contribution >= 0.6 is 0 Å². The molecule has 90 valence electrons. The number of nitrogens with zero attached hydrogens (tertiary/aromatic N) is 4. The normalized spacial score (nSPS) is 10.9. The smallest absolute Gasteiger partial charge is 0.347 e. The Morgan fingerprint density at radius 1 is 1.33 bits per heavy atom. The molecule has 0 amide bonds. The number of nitrogens with two attached hydrogens (primary N) is 1. The van der Waals surface area contributed by atoms with Gasteiger partial charge < -0.3 is 15.3 Å². The molecule has 0 aliphatic carbocycles. The van der Waals surface area contributed by atoms with E-state index in [1.165, 1.54) is 0 Å². The molecule has 0 saturated heterocycles. The molecule has 0 bridgehead atoms. The Bertz CT molecular complexity index is 788. The van der Waals surface area contributed by atoms with Crippen LogP contribution in [0.15, 0.2) is 29.5 Å². The van der Waals surface area contributed by atoms with Gasteiger partial charge in [0.05, 0.1) is 29.4 Å². The predicted octanol–water partition coefficient (Wildman–Crippen LogP) is 0.301. The number of imidazole rings is 1. The van der Waals surface area contributed by atoms with Crippen molar-refractivity contribution in [2.75, 3.05) is 5.73 Å². The van der Waals surface area contributed by atoms with Crippen LogP contribution in [0.2, 0.25) is 0 Å². The van der Waals surface area contributed by atoms with Crippen molar-refractivity contribution < 1.29 is 0 Å². The van der Waals surface area contributed by atoms with Gasteiger partial charge >= 0.3 is 5.69 Å². The lowest BCUT2D eigenvalue weighted by Gasteiger charge is -2.04. The third-order valence-electron chi connectivity index (χ3n) is 2.68. The lowest BCUT2D eigenvalue weighted by molar-refractivity contribution is 0.917. The number of nitrogens with one attached hydrogen (secondary N) is 1. The van der Waals surface area contributed by atoms with Crippen molar-refractivity contribution in [1.29, 1.82) is 0 Å². The summed E-state index contributed by atoms with van der Waals surface area (Å²) < 4.78 is 1.85. The maximum Gasteiger partial charge on any atom is 0.347 e. The van der Waals surface area contributed by atoms with E-state index in [1.807, 2.05) is 11.6 Å². The van der Waals surface area contributed by atoms with Gasteiger partial charge in [0.1, 0.15) is 5.52 Å². The summed E-state index contributed by atoms with van der Waals surface area (Å²) in [5, 5.41) is 0. The van der Waals surface area contributed by atoms with E-state index in [0.717, 1.165) is 11.4 Å². The zero-order chi connectivity index (χ0) is 12.7. The highest BCUT2D eigenvalue weighted by molar-refractivity contribution is 5.85. The first-order valence-electron chi connectivity index (χ1n) is 5.28. The standard InChI is InChI=1S/C11H10N6O/c1-17-5-13-4-8(17)6-2-3-7-9(14-6)10(12)16-11(18)15-7/h2-5H,1H3,(H3,12,15,16,18). The summed E-state index contributed by atoms with van der Waals surface area (Å²) in [6.45, 7) is 0. The van der Waals surface area contributed by atoms with Gasteiger partial charge in [-0.3, -0.25) is 0 Å². The summed E-state index contributed by atoms with van der Waals surface area (Å²) in [6.07, 6.45) is 3.40. The van der Waals surface area contributed by atoms with Crippen molar-refractivity contribution in [1.82, 2.24) is 24.5 Å². The van der Waals surface area contributed by atoms with Crippen LogP contribution in [0.25, 0.3) is 22.4 Å². The Morgan fingerprint density at radius 3 is 2.89 bits per heavy atom. The second kappa shape index (κ2) is 3.66. The number of hydrogen-bond donors (Lipinski definition) is 2. The topological polar surface area (TPSA) is 102 Å². The second-order valence-corrected chi connectivity index (χ2v) is 3.91. The monoisotopic (exact) mass is 242 g/mol. The predicted molar refractivity (Wildman–Crippen MR) is 66.8 cm³/mol. The molecule has 7 heteroatoms. The number of rotatable bonds is 1. The number of anilines is 1. The molecule has 3 N–H and O–H groups in total. The fraction of sp³-hybridized carbons (Fsp3) is 0.0909. The van der Waals surface area contributed by atoms with Crippen LogP contribution in [-0.4, -0.2) is 24.5 Å². The SMILES string of the molecule is Cn1cncc1-c1ccc2[nH]c(=O)nc(N)c2n1. The molecule has 0 atom stereocenters. The fourth-order valence-corrected chi connectivity index (χ4v) is 1.81. The lowest BCUT2D eigenvalue weighted by atomic mass is 10.2. The van der Waals surface area contributed by atoms with Gasteiger partial charge in [-0.25, -0.2) is 14.8 Å². The Balaban J connectivity index is 2.29. The molecule has 0 radical (unpaired) electrons. The summed E-state index contributed by atoms with van der Waals surface area (Å²) in [4.78, 5) is 25.8. The molecule has 7 nitrogen and oxygen atoms in total. The minimum Gasteiger partial charge on any atom is -0.382 e. The third-order valence-corrected chi connectivity index (χ3v) is 2.68. The minimum atomic E-state index is -0.477. The number of nitrogen functional groups attached to an aromatic ring is 1. The van der Waals surface area contributed by atoms with Crippen LogP contribution in [0.5, 0.6) is 0 Å². The molecular formula is C11H10N6O. The lowest BCUT2D eigenvalue weighted by Crippen LogP contribution is -2.13. The number of fused-ring (bicyclic) bond motifs is 1. The van der Waals surface area contributed by atoms with Gasteiger partial charge in [0, 0.05) is 7.05 Å². The Labute approximate surface area is 101 Å². The van der Waals surface area contributed by atoms with Gasteiger partial charge in [0.15, 0.2) is 5.82 Å². The van der Waals surface area contributed by atoms with E-state index in [0.29, 0.717) is 11.0 Å². The Kier molecular flexibility index (Phi) is 2.12. The van der Waals surface area contributed by atoms with Gasteiger partial charge in [-0.15, -0.1) is 0 Å². The van der Waals surface area contributed by atoms with Gasteiger partial charge in [-0.1, -0.05) is 0 Å². The van der Waals surface area contributed by atoms with Gasteiger partial charge in [0.2, 0.25) is 0 Å². The Hall–Kier alpha value is -2.70. The molecule has 3 aromatic heterocycles. The number of pyridine rings is 1. The summed E-state index contributed by atoms with van der Waals surface area (Å²) in [7, 11) is 1.88. The van der Waals surface area contributed by atoms with E-state index in [4.69, 9.17) is 5.73 Å². The number of hydrogen-bond acceptors (Lipinski definition) is 5. The third kappa shape index (κ3) is 1.53. The van der Waals surface area contributed by atoms with Crippen LogP contribution < -0.4 is 11.4 Å². The first-order valence-corrected chi connectivity index (χ1v) is 5.28. The van der Waals surface area contributed by atoms with E-state index >= 15 is 0 Å². The van der Waals surface area contributed by atoms with E-state index in [9.17, 15) is 4.79 Å². The largest absolute Gasteiger partial charge is 0.382 e. The van der Waals surface area contributed by atoms with E-state index in [-0.39, 0.29) is 5.82 Å². The maximum atomic E-state index is 11.2. The van der Waals surface area contributed by atoms with E-state index in [1.54, 1.807) is 24.7 Å². The molecular weight excluding hydrogens is 232 g/mol. The minimum absolute atomic E-state index is 0.123. The molecule has 3 aromatic rings.